The number of fused-ring (bicyclic) bond motifs is 1. The molecule has 1 amide bonds. The lowest BCUT2D eigenvalue weighted by Crippen LogP contribution is -2.44. The van der Waals surface area contributed by atoms with Crippen LogP contribution in [0.1, 0.15) is 40.9 Å². The molecule has 0 spiro atoms. The summed E-state index contributed by atoms with van der Waals surface area (Å²) in [5, 5.41) is 3.30. The van der Waals surface area contributed by atoms with Gasteiger partial charge >= 0.3 is 0 Å². The Morgan fingerprint density at radius 2 is 1.62 bits per heavy atom. The maximum Gasteiger partial charge on any atom is 0.253 e. The molecule has 2 aromatic carbocycles. The van der Waals surface area contributed by atoms with Gasteiger partial charge in [0.1, 0.15) is 0 Å². The molecule has 164 valence electrons. The third-order valence-electron chi connectivity index (χ3n) is 6.70. The highest BCUT2D eigenvalue weighted by Gasteiger charge is 2.27. The summed E-state index contributed by atoms with van der Waals surface area (Å²) in [7, 11) is 0. The molecule has 3 aromatic rings. The predicted molar refractivity (Wildman–Crippen MR) is 127 cm³/mol. The molecule has 0 unspecified atom stereocenters. The van der Waals surface area contributed by atoms with Gasteiger partial charge in [-0.25, -0.2) is 0 Å². The SMILES string of the molecule is O=C(NC1CCN(Cc2ccccc2)CC1)c1c(-c2ccccc2)cc(=O)n2c1CCC2. The van der Waals surface area contributed by atoms with Gasteiger partial charge in [0.2, 0.25) is 0 Å². The second-order valence-electron chi connectivity index (χ2n) is 8.85. The average molecular weight is 428 g/mol. The van der Waals surface area contributed by atoms with Crippen LogP contribution in [0.4, 0.5) is 0 Å². The van der Waals surface area contributed by atoms with Gasteiger partial charge in [-0.1, -0.05) is 60.7 Å². The number of benzene rings is 2. The van der Waals surface area contributed by atoms with E-state index in [1.165, 1.54) is 5.56 Å². The van der Waals surface area contributed by atoms with E-state index in [-0.39, 0.29) is 17.5 Å². The fourth-order valence-corrected chi connectivity index (χ4v) is 5.04. The van der Waals surface area contributed by atoms with Gasteiger partial charge in [0, 0.05) is 49.5 Å². The maximum atomic E-state index is 13.5. The highest BCUT2D eigenvalue weighted by molar-refractivity contribution is 6.02. The van der Waals surface area contributed by atoms with Gasteiger partial charge in [-0.05, 0) is 36.8 Å². The standard InChI is InChI=1S/C27H29N3O2/c31-25-18-23(21-10-5-2-6-11-21)26(24-12-7-15-30(24)25)27(32)28-22-13-16-29(17-14-22)19-20-8-3-1-4-9-20/h1-6,8-11,18,22H,7,12-17,19H2,(H,28,32). The van der Waals surface area contributed by atoms with Crippen molar-refractivity contribution in [3.63, 3.8) is 0 Å². The molecular weight excluding hydrogens is 398 g/mol. The van der Waals surface area contributed by atoms with E-state index in [1.54, 1.807) is 10.6 Å². The minimum atomic E-state index is -0.0454. The lowest BCUT2D eigenvalue weighted by Gasteiger charge is -2.32. The summed E-state index contributed by atoms with van der Waals surface area (Å²) < 4.78 is 1.78. The first-order valence-corrected chi connectivity index (χ1v) is 11.6. The van der Waals surface area contributed by atoms with Crippen molar-refractivity contribution in [1.29, 1.82) is 0 Å². The van der Waals surface area contributed by atoms with Gasteiger partial charge in [-0.2, -0.15) is 0 Å². The number of carbonyl (C=O) groups is 1. The van der Waals surface area contributed by atoms with Crippen LogP contribution in [-0.4, -0.2) is 34.5 Å². The Balaban J connectivity index is 1.33. The van der Waals surface area contributed by atoms with E-state index in [2.05, 4.69) is 34.5 Å². The summed E-state index contributed by atoms with van der Waals surface area (Å²) in [5.41, 5.74) is 4.55. The van der Waals surface area contributed by atoms with E-state index >= 15 is 0 Å². The molecule has 1 fully saturated rings. The quantitative estimate of drug-likeness (QED) is 0.673. The van der Waals surface area contributed by atoms with Gasteiger partial charge in [-0.3, -0.25) is 14.5 Å². The van der Waals surface area contributed by atoms with E-state index in [0.29, 0.717) is 12.1 Å². The largest absolute Gasteiger partial charge is 0.349 e. The molecule has 5 nitrogen and oxygen atoms in total. The summed E-state index contributed by atoms with van der Waals surface area (Å²) in [6.07, 6.45) is 3.56. The van der Waals surface area contributed by atoms with Crippen LogP contribution in [0.15, 0.2) is 71.5 Å². The van der Waals surface area contributed by atoms with E-state index in [9.17, 15) is 9.59 Å². The fraction of sp³-hybridized carbons (Fsp3) is 0.333. The Morgan fingerprint density at radius 1 is 0.938 bits per heavy atom. The Bertz CT molecular complexity index is 1150. The molecule has 1 N–H and O–H groups in total. The number of rotatable bonds is 5. The van der Waals surface area contributed by atoms with Crippen LogP contribution in [0.3, 0.4) is 0 Å². The molecule has 0 radical (unpaired) electrons. The zero-order valence-electron chi connectivity index (χ0n) is 18.3. The van der Waals surface area contributed by atoms with Crippen LogP contribution in [-0.2, 0) is 19.5 Å². The van der Waals surface area contributed by atoms with Gasteiger partial charge in [0.05, 0.1) is 5.56 Å². The third-order valence-corrected chi connectivity index (χ3v) is 6.70. The maximum absolute atomic E-state index is 13.5. The Hall–Kier alpha value is -3.18. The van der Waals surface area contributed by atoms with Gasteiger partial charge < -0.3 is 9.88 Å². The Kier molecular flexibility index (Phi) is 5.91. The molecule has 0 bridgehead atoms. The summed E-state index contributed by atoms with van der Waals surface area (Å²) in [4.78, 5) is 28.6. The average Bonchev–Trinajstić information content (AvgIpc) is 3.32. The zero-order chi connectivity index (χ0) is 21.9. The van der Waals surface area contributed by atoms with E-state index in [1.807, 2.05) is 36.4 Å². The predicted octanol–water partition coefficient (Wildman–Crippen LogP) is 3.86. The van der Waals surface area contributed by atoms with Crippen molar-refractivity contribution in [1.82, 2.24) is 14.8 Å². The van der Waals surface area contributed by atoms with Crippen molar-refractivity contribution in [3.05, 3.63) is 93.9 Å². The van der Waals surface area contributed by atoms with Crippen molar-refractivity contribution in [3.8, 4) is 11.1 Å². The van der Waals surface area contributed by atoms with Crippen LogP contribution in [0.5, 0.6) is 0 Å². The van der Waals surface area contributed by atoms with Crippen LogP contribution in [0.2, 0.25) is 0 Å². The number of nitrogens with zero attached hydrogens (tertiary/aromatic N) is 2. The molecule has 0 saturated carbocycles. The summed E-state index contributed by atoms with van der Waals surface area (Å²) in [6, 6.07) is 22.1. The Morgan fingerprint density at radius 3 is 2.34 bits per heavy atom. The molecule has 1 aromatic heterocycles. The van der Waals surface area contributed by atoms with Gasteiger partial charge in [-0.15, -0.1) is 0 Å². The molecule has 0 atom stereocenters. The number of piperidine rings is 1. The van der Waals surface area contributed by atoms with Crippen molar-refractivity contribution >= 4 is 5.91 Å². The van der Waals surface area contributed by atoms with Gasteiger partial charge in [0.25, 0.3) is 11.5 Å². The fourth-order valence-electron chi connectivity index (χ4n) is 5.04. The van der Waals surface area contributed by atoms with Crippen LogP contribution < -0.4 is 10.9 Å². The molecule has 0 aliphatic carbocycles. The first kappa shape index (κ1) is 20.7. The summed E-state index contributed by atoms with van der Waals surface area (Å²) in [5.74, 6) is -0.0454. The van der Waals surface area contributed by atoms with Crippen LogP contribution in [0, 0.1) is 0 Å². The number of hydrogen-bond donors (Lipinski definition) is 1. The second-order valence-corrected chi connectivity index (χ2v) is 8.85. The normalized spacial score (nSPS) is 16.6. The van der Waals surface area contributed by atoms with Gasteiger partial charge in [0.15, 0.2) is 0 Å². The first-order valence-electron chi connectivity index (χ1n) is 11.6. The number of likely N-dealkylation sites (tertiary alicyclic amines) is 1. The molecule has 32 heavy (non-hydrogen) atoms. The number of amides is 1. The van der Waals surface area contributed by atoms with E-state index < -0.39 is 0 Å². The topological polar surface area (TPSA) is 54.3 Å². The molecule has 2 aliphatic heterocycles. The third kappa shape index (κ3) is 4.26. The summed E-state index contributed by atoms with van der Waals surface area (Å²) in [6.45, 7) is 3.59. The van der Waals surface area contributed by atoms with Crippen LogP contribution >= 0.6 is 0 Å². The molecular formula is C27H29N3O2. The molecule has 1 saturated heterocycles. The minimum absolute atomic E-state index is 0.0119. The smallest absolute Gasteiger partial charge is 0.253 e. The first-order chi connectivity index (χ1) is 15.7. The Labute approximate surface area is 188 Å². The highest BCUT2D eigenvalue weighted by atomic mass is 16.2. The number of pyridine rings is 1. The summed E-state index contributed by atoms with van der Waals surface area (Å²) >= 11 is 0. The number of hydrogen-bond acceptors (Lipinski definition) is 3. The lowest BCUT2D eigenvalue weighted by molar-refractivity contribution is 0.0908. The molecule has 3 heterocycles. The highest BCUT2D eigenvalue weighted by Crippen LogP contribution is 2.28. The van der Waals surface area contributed by atoms with Crippen molar-refractivity contribution in [2.75, 3.05) is 13.1 Å². The van der Waals surface area contributed by atoms with E-state index in [0.717, 1.165) is 62.1 Å². The minimum Gasteiger partial charge on any atom is -0.349 e. The van der Waals surface area contributed by atoms with Crippen molar-refractivity contribution < 1.29 is 4.79 Å². The number of nitrogens with one attached hydrogen (secondary N) is 1. The molecule has 5 rings (SSSR count). The van der Waals surface area contributed by atoms with E-state index in [4.69, 9.17) is 0 Å². The molecule has 2 aliphatic rings. The lowest BCUT2D eigenvalue weighted by atomic mass is 9.96. The second kappa shape index (κ2) is 9.13. The van der Waals surface area contributed by atoms with Crippen molar-refractivity contribution in [2.24, 2.45) is 0 Å². The van der Waals surface area contributed by atoms with Crippen LogP contribution in [0.25, 0.3) is 11.1 Å². The van der Waals surface area contributed by atoms with Crippen molar-refractivity contribution in [2.45, 2.75) is 44.8 Å². The number of carbonyl (C=O) groups excluding carboxylic acids is 1. The number of aromatic nitrogens is 1. The monoisotopic (exact) mass is 427 g/mol. The zero-order valence-corrected chi connectivity index (χ0v) is 18.3. The molecule has 5 heteroatoms.